The molecule has 5 heteroatoms. The molecule has 0 aliphatic heterocycles. The van der Waals surface area contributed by atoms with E-state index in [1.807, 2.05) is 31.2 Å². The van der Waals surface area contributed by atoms with E-state index in [-0.39, 0.29) is 11.1 Å². The number of carboxylic acids is 1. The van der Waals surface area contributed by atoms with E-state index in [4.69, 9.17) is 5.11 Å². The number of hydrazine groups is 1. The molecule has 2 aromatic carbocycles. The number of benzene rings is 2. The standard InChI is InChI=1S/C15H14N2O3/c1-10-6-8-11(9-7-10)16-17-14(18)12-4-2-3-5-13(12)15(19)20/h2-9,16H,1H3,(H,17,18)(H,19,20). The second-order valence-electron chi connectivity index (χ2n) is 4.30. The number of aromatic carboxylic acids is 1. The lowest BCUT2D eigenvalue weighted by molar-refractivity contribution is 0.0691. The lowest BCUT2D eigenvalue weighted by Gasteiger charge is -2.10. The van der Waals surface area contributed by atoms with Crippen LogP contribution in [0.2, 0.25) is 0 Å². The predicted molar refractivity (Wildman–Crippen MR) is 75.7 cm³/mol. The molecule has 3 N–H and O–H groups in total. The van der Waals surface area contributed by atoms with Crippen molar-refractivity contribution < 1.29 is 14.7 Å². The van der Waals surface area contributed by atoms with Crippen LogP contribution in [0.25, 0.3) is 0 Å². The van der Waals surface area contributed by atoms with Gasteiger partial charge in [-0.1, -0.05) is 29.8 Å². The van der Waals surface area contributed by atoms with E-state index in [9.17, 15) is 9.59 Å². The van der Waals surface area contributed by atoms with Gasteiger partial charge in [0.05, 0.1) is 16.8 Å². The van der Waals surface area contributed by atoms with Gasteiger partial charge >= 0.3 is 5.97 Å². The maximum atomic E-state index is 12.0. The first-order chi connectivity index (χ1) is 9.58. The zero-order valence-electron chi connectivity index (χ0n) is 10.9. The van der Waals surface area contributed by atoms with Gasteiger partial charge < -0.3 is 5.11 Å². The van der Waals surface area contributed by atoms with Gasteiger partial charge in [-0.15, -0.1) is 0 Å². The summed E-state index contributed by atoms with van der Waals surface area (Å²) in [4.78, 5) is 23.0. The second kappa shape index (κ2) is 5.88. The van der Waals surface area contributed by atoms with E-state index in [1.165, 1.54) is 12.1 Å². The molecule has 0 aliphatic rings. The Kier molecular flexibility index (Phi) is 4.00. The predicted octanol–water partition coefficient (Wildman–Crippen LogP) is 2.45. The molecular weight excluding hydrogens is 256 g/mol. The molecule has 102 valence electrons. The molecule has 0 saturated heterocycles. The molecule has 0 heterocycles. The Bertz CT molecular complexity index is 636. The minimum absolute atomic E-state index is 0.0318. The molecule has 2 aromatic rings. The number of anilines is 1. The van der Waals surface area contributed by atoms with Crippen LogP contribution >= 0.6 is 0 Å². The smallest absolute Gasteiger partial charge is 0.336 e. The van der Waals surface area contributed by atoms with Crippen LogP contribution in [0.3, 0.4) is 0 Å². The van der Waals surface area contributed by atoms with Gasteiger partial charge in [0.2, 0.25) is 0 Å². The van der Waals surface area contributed by atoms with E-state index in [1.54, 1.807) is 12.1 Å². The van der Waals surface area contributed by atoms with Crippen LogP contribution in [-0.2, 0) is 0 Å². The molecule has 1 amide bonds. The zero-order chi connectivity index (χ0) is 14.5. The van der Waals surface area contributed by atoms with Gasteiger partial charge in [0.1, 0.15) is 0 Å². The maximum Gasteiger partial charge on any atom is 0.336 e. The van der Waals surface area contributed by atoms with Crippen molar-refractivity contribution in [3.05, 3.63) is 65.2 Å². The second-order valence-corrected chi connectivity index (χ2v) is 4.30. The Morgan fingerprint density at radius 2 is 1.55 bits per heavy atom. The summed E-state index contributed by atoms with van der Waals surface area (Å²) in [6.45, 7) is 1.96. The number of carbonyl (C=O) groups excluding carboxylic acids is 1. The first kappa shape index (κ1) is 13.6. The largest absolute Gasteiger partial charge is 0.478 e. The molecule has 0 unspecified atom stereocenters. The summed E-state index contributed by atoms with van der Waals surface area (Å²) < 4.78 is 0. The number of hydrogen-bond acceptors (Lipinski definition) is 3. The molecule has 0 atom stereocenters. The lowest BCUT2D eigenvalue weighted by Crippen LogP contribution is -2.30. The summed E-state index contributed by atoms with van der Waals surface area (Å²) in [5, 5.41) is 9.03. The number of aryl methyl sites for hydroxylation is 1. The fourth-order valence-electron chi connectivity index (χ4n) is 1.70. The Balaban J connectivity index is 2.09. The SMILES string of the molecule is Cc1ccc(NNC(=O)c2ccccc2C(=O)O)cc1. The van der Waals surface area contributed by atoms with Gasteiger partial charge in [0, 0.05) is 0 Å². The van der Waals surface area contributed by atoms with Crippen LogP contribution < -0.4 is 10.9 Å². The van der Waals surface area contributed by atoms with Crippen molar-refractivity contribution in [1.82, 2.24) is 5.43 Å². The third-order valence-corrected chi connectivity index (χ3v) is 2.77. The molecule has 0 bridgehead atoms. The van der Waals surface area contributed by atoms with Crippen molar-refractivity contribution in [2.45, 2.75) is 6.92 Å². The number of hydrogen-bond donors (Lipinski definition) is 3. The Labute approximate surface area is 116 Å². The Morgan fingerprint density at radius 3 is 2.15 bits per heavy atom. The molecule has 0 aromatic heterocycles. The molecule has 0 radical (unpaired) electrons. The van der Waals surface area contributed by atoms with Crippen molar-refractivity contribution in [2.75, 3.05) is 5.43 Å². The van der Waals surface area contributed by atoms with Crippen molar-refractivity contribution in [3.8, 4) is 0 Å². The summed E-state index contributed by atoms with van der Waals surface area (Å²) in [7, 11) is 0. The Morgan fingerprint density at radius 1 is 0.950 bits per heavy atom. The van der Waals surface area contributed by atoms with Gasteiger partial charge in [-0.05, 0) is 31.2 Å². The summed E-state index contributed by atoms with van der Waals surface area (Å²) >= 11 is 0. The molecular formula is C15H14N2O3. The summed E-state index contributed by atoms with van der Waals surface area (Å²) in [6.07, 6.45) is 0. The molecule has 0 fully saturated rings. The third kappa shape index (κ3) is 3.14. The monoisotopic (exact) mass is 270 g/mol. The van der Waals surface area contributed by atoms with E-state index >= 15 is 0 Å². The molecule has 0 saturated carbocycles. The van der Waals surface area contributed by atoms with Crippen LogP contribution in [0.1, 0.15) is 26.3 Å². The quantitative estimate of drug-likeness (QED) is 0.746. The number of carboxylic acid groups (broad SMARTS) is 1. The first-order valence-corrected chi connectivity index (χ1v) is 6.03. The van der Waals surface area contributed by atoms with Crippen molar-refractivity contribution in [1.29, 1.82) is 0 Å². The van der Waals surface area contributed by atoms with Crippen LogP contribution in [0.5, 0.6) is 0 Å². The topological polar surface area (TPSA) is 78.4 Å². The number of rotatable bonds is 4. The minimum atomic E-state index is -1.13. The molecule has 2 rings (SSSR count). The molecule has 0 spiro atoms. The first-order valence-electron chi connectivity index (χ1n) is 6.03. The van der Waals surface area contributed by atoms with Gasteiger partial charge in [0.25, 0.3) is 5.91 Å². The van der Waals surface area contributed by atoms with Crippen LogP contribution in [-0.4, -0.2) is 17.0 Å². The minimum Gasteiger partial charge on any atom is -0.478 e. The van der Waals surface area contributed by atoms with E-state index in [0.29, 0.717) is 0 Å². The summed E-state index contributed by atoms with van der Waals surface area (Å²) in [6, 6.07) is 13.5. The van der Waals surface area contributed by atoms with Crippen LogP contribution in [0, 0.1) is 6.92 Å². The fourth-order valence-corrected chi connectivity index (χ4v) is 1.70. The maximum absolute atomic E-state index is 12.0. The van der Waals surface area contributed by atoms with E-state index in [0.717, 1.165) is 11.3 Å². The molecule has 5 nitrogen and oxygen atoms in total. The highest BCUT2D eigenvalue weighted by atomic mass is 16.4. The van der Waals surface area contributed by atoms with Crippen molar-refractivity contribution in [3.63, 3.8) is 0 Å². The van der Waals surface area contributed by atoms with Gasteiger partial charge in [-0.25, -0.2) is 4.79 Å². The number of amides is 1. The molecule has 20 heavy (non-hydrogen) atoms. The van der Waals surface area contributed by atoms with E-state index in [2.05, 4.69) is 10.9 Å². The fraction of sp³-hybridized carbons (Fsp3) is 0.0667. The molecule has 0 aliphatic carbocycles. The van der Waals surface area contributed by atoms with E-state index < -0.39 is 11.9 Å². The zero-order valence-corrected chi connectivity index (χ0v) is 10.9. The highest BCUT2D eigenvalue weighted by Gasteiger charge is 2.15. The average molecular weight is 270 g/mol. The third-order valence-electron chi connectivity index (χ3n) is 2.77. The number of nitrogens with one attached hydrogen (secondary N) is 2. The van der Waals surface area contributed by atoms with Crippen molar-refractivity contribution >= 4 is 17.6 Å². The van der Waals surface area contributed by atoms with Crippen LogP contribution in [0.4, 0.5) is 5.69 Å². The van der Waals surface area contributed by atoms with Gasteiger partial charge in [0.15, 0.2) is 0 Å². The van der Waals surface area contributed by atoms with Crippen molar-refractivity contribution in [2.24, 2.45) is 0 Å². The van der Waals surface area contributed by atoms with Gasteiger partial charge in [-0.2, -0.15) is 0 Å². The van der Waals surface area contributed by atoms with Crippen LogP contribution in [0.15, 0.2) is 48.5 Å². The summed E-state index contributed by atoms with van der Waals surface area (Å²) in [5.74, 6) is -1.63. The normalized spacial score (nSPS) is 9.85. The summed E-state index contributed by atoms with van der Waals surface area (Å²) in [5.41, 5.74) is 7.13. The average Bonchev–Trinajstić information content (AvgIpc) is 2.46. The van der Waals surface area contributed by atoms with Gasteiger partial charge in [-0.3, -0.25) is 15.6 Å². The number of carbonyl (C=O) groups is 2. The Hall–Kier alpha value is -2.82. The highest BCUT2D eigenvalue weighted by Crippen LogP contribution is 2.10. The highest BCUT2D eigenvalue weighted by molar-refractivity contribution is 6.05. The lowest BCUT2D eigenvalue weighted by atomic mass is 10.1.